The number of fused-ring (bicyclic) bond motifs is 1. The molecule has 69 heavy (non-hydrogen) atoms. The number of H-pyrrole nitrogens is 1. The lowest BCUT2D eigenvalue weighted by Crippen LogP contribution is -2.41. The monoisotopic (exact) mass is 979 g/mol. The van der Waals surface area contributed by atoms with Crippen LogP contribution in [-0.2, 0) is 44.2 Å². The molecule has 7 aromatic rings. The molecule has 5 aromatic carbocycles. The van der Waals surface area contributed by atoms with Gasteiger partial charge in [0.05, 0.1) is 67.3 Å². The normalized spacial score (nSPS) is 15.4. The lowest BCUT2D eigenvalue weighted by atomic mass is 9.98. The third-order valence-electron chi connectivity index (χ3n) is 11.7. The summed E-state index contributed by atoms with van der Waals surface area (Å²) >= 11 is 0. The minimum Gasteiger partial charge on any atom is -0.497 e. The molecule has 2 aromatic heterocycles. The average molecular weight is 980 g/mol. The number of hydrogen-bond donors (Lipinski definition) is 3. The molecule has 0 spiro atoms. The van der Waals surface area contributed by atoms with Crippen molar-refractivity contribution in [2.75, 3.05) is 40.2 Å². The van der Waals surface area contributed by atoms with E-state index in [0.29, 0.717) is 45.0 Å². The molecule has 0 saturated carbocycles. The van der Waals surface area contributed by atoms with Crippen molar-refractivity contribution in [2.45, 2.75) is 73.5 Å². The summed E-state index contributed by atoms with van der Waals surface area (Å²) in [5.41, 5.74) is 8.43. The van der Waals surface area contributed by atoms with Crippen molar-refractivity contribution in [3.05, 3.63) is 120 Å². The smallest absolute Gasteiger partial charge is 0.410 e. The van der Waals surface area contributed by atoms with Crippen LogP contribution in [0.5, 0.6) is 17.2 Å². The van der Waals surface area contributed by atoms with Crippen LogP contribution >= 0.6 is 0 Å². The molecule has 0 radical (unpaired) electrons. The van der Waals surface area contributed by atoms with Crippen LogP contribution in [0, 0.1) is 0 Å². The van der Waals surface area contributed by atoms with Crippen LogP contribution < -0.4 is 19.9 Å². The van der Waals surface area contributed by atoms with E-state index in [9.17, 15) is 9.90 Å². The molecule has 362 valence electrons. The van der Waals surface area contributed by atoms with Gasteiger partial charge in [-0.25, -0.2) is 26.6 Å². The van der Waals surface area contributed by atoms with Crippen LogP contribution in [0.4, 0.5) is 10.7 Å². The second-order valence-electron chi connectivity index (χ2n) is 17.5. The van der Waals surface area contributed by atoms with Gasteiger partial charge in [0.1, 0.15) is 27.7 Å². The summed E-state index contributed by atoms with van der Waals surface area (Å²) in [4.78, 5) is 22.3. The highest BCUT2D eigenvalue weighted by Gasteiger charge is 2.47. The molecular formula is C48H53N9O10S2. The van der Waals surface area contributed by atoms with Gasteiger partial charge >= 0.3 is 6.09 Å². The van der Waals surface area contributed by atoms with E-state index in [2.05, 4.69) is 20.3 Å². The molecule has 2 atom stereocenters. The predicted molar refractivity (Wildman–Crippen MR) is 257 cm³/mol. The highest BCUT2D eigenvalue weighted by atomic mass is 32.2. The molecule has 1 amide bonds. The standard InChI is InChI=1S/C48H53N9O10S2/c1-48(2,3)67-47(59)56-28-37(24-33(56)29-58)68(60,61)41-23-22-38(39-8-7-9-40-43(39)51-46(49)50-40)42(45-52-54-57(53-45)27-32-14-20-36(66-6)21-15-32)44(41)69(62,63)55(25-30-10-16-34(64-4)17-11-30)26-31-12-18-35(65-5)19-13-31/h7-23,33,37,58H,24-29H2,1-6H3,(H3,49,50,51)/t33-,37-/m1/s1. The molecule has 1 aliphatic rings. The van der Waals surface area contributed by atoms with E-state index < -0.39 is 65.8 Å². The predicted octanol–water partition coefficient (Wildman–Crippen LogP) is 6.07. The number of aliphatic hydroxyl groups excluding tert-OH is 1. The van der Waals surface area contributed by atoms with Gasteiger partial charge < -0.3 is 39.7 Å². The first-order valence-corrected chi connectivity index (χ1v) is 24.8. The van der Waals surface area contributed by atoms with Crippen molar-refractivity contribution in [1.82, 2.24) is 39.4 Å². The summed E-state index contributed by atoms with van der Waals surface area (Å²) in [5, 5.41) is 22.7. The number of tetrazole rings is 1. The van der Waals surface area contributed by atoms with Crippen molar-refractivity contribution in [3.8, 4) is 39.8 Å². The summed E-state index contributed by atoms with van der Waals surface area (Å²) in [5.74, 6) is 1.60. The Balaban J connectivity index is 1.39. The number of benzene rings is 5. The van der Waals surface area contributed by atoms with Crippen molar-refractivity contribution in [2.24, 2.45) is 0 Å². The maximum atomic E-state index is 16.3. The van der Waals surface area contributed by atoms with Crippen LogP contribution in [0.2, 0.25) is 0 Å². The molecule has 1 aliphatic heterocycles. The van der Waals surface area contributed by atoms with E-state index in [1.807, 2.05) is 12.1 Å². The molecule has 4 N–H and O–H groups in total. The first-order chi connectivity index (χ1) is 32.9. The van der Waals surface area contributed by atoms with Gasteiger partial charge in [-0.15, -0.1) is 10.2 Å². The summed E-state index contributed by atoms with van der Waals surface area (Å²) in [6.45, 7) is 3.69. The number of imidazole rings is 1. The Labute approximate surface area is 399 Å². The fraction of sp³-hybridized carbons (Fsp3) is 0.312. The lowest BCUT2D eigenvalue weighted by Gasteiger charge is -2.28. The molecule has 0 aliphatic carbocycles. The number of nitrogens with zero attached hydrogens (tertiary/aromatic N) is 7. The summed E-state index contributed by atoms with van der Waals surface area (Å²) in [6.07, 6.45) is -1.05. The summed E-state index contributed by atoms with van der Waals surface area (Å²) in [6, 6.07) is 27.8. The van der Waals surface area contributed by atoms with Gasteiger partial charge in [0.25, 0.3) is 0 Å². The number of likely N-dealkylation sites (tertiary alicyclic amines) is 1. The van der Waals surface area contributed by atoms with E-state index in [0.717, 1.165) is 5.56 Å². The van der Waals surface area contributed by atoms with E-state index in [4.69, 9.17) is 29.8 Å². The number of amides is 1. The number of sulfone groups is 1. The molecule has 21 heteroatoms. The number of carbonyl (C=O) groups excluding carboxylic acids is 1. The van der Waals surface area contributed by atoms with Gasteiger partial charge in [0.15, 0.2) is 15.8 Å². The van der Waals surface area contributed by atoms with Crippen molar-refractivity contribution >= 4 is 42.9 Å². The lowest BCUT2D eigenvalue weighted by molar-refractivity contribution is 0.0176. The zero-order valence-corrected chi connectivity index (χ0v) is 40.5. The number of carbonyl (C=O) groups is 1. The van der Waals surface area contributed by atoms with Crippen molar-refractivity contribution in [1.29, 1.82) is 0 Å². The number of nitrogen functional groups attached to an aromatic ring is 1. The Hall–Kier alpha value is -7.07. The Morgan fingerprint density at radius 3 is 1.94 bits per heavy atom. The number of rotatable bonds is 16. The zero-order valence-electron chi connectivity index (χ0n) is 38.9. The third-order valence-corrected chi connectivity index (χ3v) is 15.9. The highest BCUT2D eigenvalue weighted by molar-refractivity contribution is 7.94. The number of nitrogens with two attached hydrogens (primary N) is 1. The molecule has 1 fully saturated rings. The minimum absolute atomic E-state index is 0.0916. The topological polar surface area (TPSA) is 247 Å². The second kappa shape index (κ2) is 19.5. The number of sulfonamides is 1. The summed E-state index contributed by atoms with van der Waals surface area (Å²) < 4.78 is 86.6. The Bertz CT molecular complexity index is 3140. The van der Waals surface area contributed by atoms with Crippen LogP contribution in [-0.4, -0.2) is 119 Å². The van der Waals surface area contributed by atoms with Crippen LogP contribution in [0.25, 0.3) is 33.5 Å². The van der Waals surface area contributed by atoms with Crippen LogP contribution in [0.1, 0.15) is 43.9 Å². The largest absolute Gasteiger partial charge is 0.497 e. The first-order valence-electron chi connectivity index (χ1n) is 21.9. The number of ether oxygens (including phenoxy) is 4. The van der Waals surface area contributed by atoms with Gasteiger partial charge in [-0.05, 0) is 103 Å². The van der Waals surface area contributed by atoms with Gasteiger partial charge in [-0.2, -0.15) is 9.10 Å². The number of para-hydroxylation sites is 1. The van der Waals surface area contributed by atoms with Gasteiger partial charge in [0.2, 0.25) is 15.8 Å². The molecule has 1 saturated heterocycles. The van der Waals surface area contributed by atoms with Gasteiger partial charge in [-0.1, -0.05) is 54.6 Å². The molecule has 0 unspecified atom stereocenters. The van der Waals surface area contributed by atoms with Crippen molar-refractivity contribution in [3.63, 3.8) is 0 Å². The quantitative estimate of drug-likeness (QED) is 0.0994. The average Bonchev–Trinajstić information content (AvgIpc) is 4.09. The van der Waals surface area contributed by atoms with E-state index in [1.54, 1.807) is 107 Å². The molecule has 19 nitrogen and oxygen atoms in total. The maximum absolute atomic E-state index is 16.3. The fourth-order valence-corrected chi connectivity index (χ4v) is 12.4. The number of aliphatic hydroxyl groups is 1. The fourth-order valence-electron chi connectivity index (χ4n) is 8.28. The Morgan fingerprint density at radius 2 is 1.39 bits per heavy atom. The zero-order chi connectivity index (χ0) is 49.3. The number of anilines is 1. The Morgan fingerprint density at radius 1 is 0.812 bits per heavy atom. The van der Waals surface area contributed by atoms with E-state index in [1.165, 1.54) is 40.4 Å². The summed E-state index contributed by atoms with van der Waals surface area (Å²) in [7, 11) is -5.17. The SMILES string of the molecule is COc1ccc(CN(Cc2ccc(OC)cc2)S(=O)(=O)c2c(S(=O)(=O)[C@@H]3C[C@H](CO)N(C(=O)OC(C)(C)C)C3)ccc(-c3cccc4[nH]c(N)nc34)c2-c2nnn(Cc3ccc(OC)cc3)n2)cc1. The highest BCUT2D eigenvalue weighted by Crippen LogP contribution is 2.45. The number of nitrogens with one attached hydrogen (secondary N) is 1. The van der Waals surface area contributed by atoms with Crippen molar-refractivity contribution < 1.29 is 45.7 Å². The number of aromatic amines is 1. The number of hydrogen-bond acceptors (Lipinski definition) is 15. The minimum atomic E-state index is -5.01. The molecule has 3 heterocycles. The second-order valence-corrected chi connectivity index (χ2v) is 21.5. The first kappa shape index (κ1) is 48.4. The molecular weight excluding hydrogens is 927 g/mol. The number of aromatic nitrogens is 6. The van der Waals surface area contributed by atoms with E-state index in [-0.39, 0.29) is 49.0 Å². The van der Waals surface area contributed by atoms with Gasteiger partial charge in [0, 0.05) is 25.2 Å². The number of methoxy groups -OCH3 is 3. The molecule has 0 bridgehead atoms. The van der Waals surface area contributed by atoms with Crippen LogP contribution in [0.15, 0.2) is 113 Å². The Kier molecular flexibility index (Phi) is 13.7. The maximum Gasteiger partial charge on any atom is 0.410 e. The van der Waals surface area contributed by atoms with Gasteiger partial charge in [-0.3, -0.25) is 0 Å². The third kappa shape index (κ3) is 10.2. The van der Waals surface area contributed by atoms with Crippen LogP contribution in [0.3, 0.4) is 0 Å². The molecule has 8 rings (SSSR count). The van der Waals surface area contributed by atoms with E-state index >= 15 is 16.8 Å².